The number of urea groups is 1. The number of aryl methyl sites for hydroxylation is 1. The number of primary amides is 1. The van der Waals surface area contributed by atoms with E-state index >= 15 is 0 Å². The second-order valence-corrected chi connectivity index (χ2v) is 9.79. The molecule has 4 rings (SSSR count). The van der Waals surface area contributed by atoms with Crippen LogP contribution < -0.4 is 11.2 Å². The fourth-order valence-electron chi connectivity index (χ4n) is 5.00. The summed E-state index contributed by atoms with van der Waals surface area (Å²) in [6, 6.07) is 7.24. The van der Waals surface area contributed by atoms with Gasteiger partial charge >= 0.3 is 6.03 Å². The van der Waals surface area contributed by atoms with Crippen molar-refractivity contribution in [2.24, 2.45) is 16.8 Å². The summed E-state index contributed by atoms with van der Waals surface area (Å²) in [5, 5.41) is 3.83. The first-order valence-corrected chi connectivity index (χ1v) is 12.5. The van der Waals surface area contributed by atoms with E-state index in [1.807, 2.05) is 0 Å². The van der Waals surface area contributed by atoms with Crippen LogP contribution in [0.4, 0.5) is 4.79 Å². The maximum atomic E-state index is 13.3. The van der Waals surface area contributed by atoms with Gasteiger partial charge in [0.25, 0.3) is 0 Å². The monoisotopic (exact) mass is 457 g/mol. The van der Waals surface area contributed by atoms with Crippen molar-refractivity contribution in [2.45, 2.75) is 57.0 Å². The first kappa shape index (κ1) is 22.6. The fraction of sp³-hybridized carbons (Fsp3) is 0.565. The molecule has 2 aliphatic heterocycles. The number of benzene rings is 1. The maximum Gasteiger partial charge on any atom is 0.332 e. The van der Waals surface area contributed by atoms with E-state index in [2.05, 4.69) is 34.8 Å². The third-order valence-corrected chi connectivity index (χ3v) is 7.74. The number of hydrazone groups is 1. The Kier molecular flexibility index (Phi) is 7.34. The molecule has 0 saturated carbocycles. The summed E-state index contributed by atoms with van der Waals surface area (Å²) in [5.74, 6) is 1.86. The molecule has 9 heteroatoms. The van der Waals surface area contributed by atoms with Gasteiger partial charge in [-0.15, -0.1) is 11.8 Å². The van der Waals surface area contributed by atoms with Crippen molar-refractivity contribution < 1.29 is 14.4 Å². The number of hydrogen-bond donors (Lipinski definition) is 2. The molecule has 2 fully saturated rings. The van der Waals surface area contributed by atoms with E-state index in [1.54, 1.807) is 27.8 Å². The molecule has 4 amide bonds. The second kappa shape index (κ2) is 10.4. The minimum Gasteiger partial charge on any atom is -0.350 e. The lowest BCUT2D eigenvalue weighted by Gasteiger charge is -2.30. The third kappa shape index (κ3) is 5.26. The fourth-order valence-corrected chi connectivity index (χ4v) is 6.13. The van der Waals surface area contributed by atoms with E-state index in [1.165, 1.54) is 11.1 Å². The molecule has 3 atom stereocenters. The Bertz CT molecular complexity index is 892. The smallest absolute Gasteiger partial charge is 0.332 e. The average molecular weight is 458 g/mol. The maximum absolute atomic E-state index is 13.3. The molecule has 1 aromatic carbocycles. The highest BCUT2D eigenvalue weighted by Gasteiger charge is 2.39. The summed E-state index contributed by atoms with van der Waals surface area (Å²) < 4.78 is 0. The molecule has 2 saturated heterocycles. The zero-order valence-corrected chi connectivity index (χ0v) is 19.1. The molecule has 0 radical (unpaired) electrons. The molecule has 0 bridgehead atoms. The Balaban J connectivity index is 1.31. The predicted molar refractivity (Wildman–Crippen MR) is 125 cm³/mol. The SMILES string of the molecule is NC(=O)NN=C[C@@H]1CSCN1C(=O)[C@@H]1CCCN1C(=O)CC[C@@H]1CCc2ccccc2C1. The van der Waals surface area contributed by atoms with Crippen LogP contribution in [0.15, 0.2) is 29.4 Å². The zero-order valence-electron chi connectivity index (χ0n) is 18.2. The van der Waals surface area contributed by atoms with Crippen LogP contribution in [0.1, 0.15) is 43.2 Å². The number of carbonyl (C=O) groups is 3. The molecule has 3 aliphatic rings. The van der Waals surface area contributed by atoms with Gasteiger partial charge in [-0.3, -0.25) is 9.59 Å². The van der Waals surface area contributed by atoms with Crippen molar-refractivity contribution in [3.8, 4) is 0 Å². The number of likely N-dealkylation sites (tertiary alicyclic amines) is 1. The van der Waals surface area contributed by atoms with Gasteiger partial charge in [0.2, 0.25) is 11.8 Å². The number of nitrogens with zero attached hydrogens (tertiary/aromatic N) is 3. The zero-order chi connectivity index (χ0) is 22.5. The predicted octanol–water partition coefficient (Wildman–Crippen LogP) is 2.12. The Morgan fingerprint density at radius 1 is 1.19 bits per heavy atom. The van der Waals surface area contributed by atoms with Gasteiger partial charge in [-0.25, -0.2) is 10.2 Å². The topological polar surface area (TPSA) is 108 Å². The lowest BCUT2D eigenvalue weighted by molar-refractivity contribution is -0.143. The van der Waals surface area contributed by atoms with Crippen LogP contribution in [-0.2, 0) is 22.4 Å². The number of amides is 4. The molecule has 172 valence electrons. The Morgan fingerprint density at radius 2 is 2.00 bits per heavy atom. The quantitative estimate of drug-likeness (QED) is 0.504. The summed E-state index contributed by atoms with van der Waals surface area (Å²) in [7, 11) is 0. The summed E-state index contributed by atoms with van der Waals surface area (Å²) in [5.41, 5.74) is 10.1. The number of rotatable bonds is 6. The number of fused-ring (bicyclic) bond motifs is 1. The van der Waals surface area contributed by atoms with Gasteiger partial charge in [0.05, 0.1) is 11.9 Å². The average Bonchev–Trinajstić information content (AvgIpc) is 3.46. The van der Waals surface area contributed by atoms with E-state index in [0.29, 0.717) is 36.9 Å². The Labute approximate surface area is 193 Å². The van der Waals surface area contributed by atoms with Crippen molar-refractivity contribution >= 4 is 35.8 Å². The molecule has 2 heterocycles. The summed E-state index contributed by atoms with van der Waals surface area (Å²) in [4.78, 5) is 40.7. The molecule has 3 N–H and O–H groups in total. The molecule has 1 aliphatic carbocycles. The van der Waals surface area contributed by atoms with Crippen LogP contribution in [0.3, 0.4) is 0 Å². The number of thioether (sulfide) groups is 1. The van der Waals surface area contributed by atoms with Gasteiger partial charge in [0, 0.05) is 24.9 Å². The van der Waals surface area contributed by atoms with Gasteiger partial charge < -0.3 is 15.5 Å². The first-order valence-electron chi connectivity index (χ1n) is 11.4. The van der Waals surface area contributed by atoms with Gasteiger partial charge in [0.15, 0.2) is 0 Å². The summed E-state index contributed by atoms with van der Waals surface area (Å²) in [6.07, 6.45) is 7.71. The van der Waals surface area contributed by atoms with E-state index < -0.39 is 12.1 Å². The van der Waals surface area contributed by atoms with Crippen molar-refractivity contribution in [1.29, 1.82) is 0 Å². The van der Waals surface area contributed by atoms with Crippen LogP contribution >= 0.6 is 11.8 Å². The summed E-state index contributed by atoms with van der Waals surface area (Å²) >= 11 is 1.64. The molecular weight excluding hydrogens is 426 g/mol. The number of hydrogen-bond acceptors (Lipinski definition) is 5. The van der Waals surface area contributed by atoms with Crippen molar-refractivity contribution in [2.75, 3.05) is 18.2 Å². The summed E-state index contributed by atoms with van der Waals surface area (Å²) in [6.45, 7) is 0.645. The highest BCUT2D eigenvalue weighted by molar-refractivity contribution is 7.99. The van der Waals surface area contributed by atoms with Crippen LogP contribution in [0.25, 0.3) is 0 Å². The molecule has 0 unspecified atom stereocenters. The highest BCUT2D eigenvalue weighted by atomic mass is 32.2. The largest absolute Gasteiger partial charge is 0.350 e. The van der Waals surface area contributed by atoms with Crippen LogP contribution in [0.5, 0.6) is 0 Å². The normalized spacial score (nSPS) is 25.2. The van der Waals surface area contributed by atoms with E-state index in [4.69, 9.17) is 5.73 Å². The minimum atomic E-state index is -0.737. The van der Waals surface area contributed by atoms with Crippen LogP contribution in [-0.4, -0.2) is 64.1 Å². The number of carbonyl (C=O) groups excluding carboxylic acids is 3. The van der Waals surface area contributed by atoms with E-state index in [-0.39, 0.29) is 17.9 Å². The molecule has 32 heavy (non-hydrogen) atoms. The standard InChI is InChI=1S/C23H31N5O3S/c24-23(31)26-25-13-19-14-32-15-28(19)22(30)20-6-3-11-27(20)21(29)10-8-16-7-9-17-4-1-2-5-18(17)12-16/h1-2,4-5,13,16,19-20H,3,6-12,14-15H2,(H3,24,26,31)/t16-,19+,20-/m0/s1. The van der Waals surface area contributed by atoms with Gasteiger partial charge in [-0.2, -0.15) is 5.10 Å². The van der Waals surface area contributed by atoms with E-state index in [9.17, 15) is 14.4 Å². The lowest BCUT2D eigenvalue weighted by atomic mass is 9.81. The molecule has 1 aromatic rings. The Morgan fingerprint density at radius 3 is 2.81 bits per heavy atom. The van der Waals surface area contributed by atoms with Crippen LogP contribution in [0, 0.1) is 5.92 Å². The molecular formula is C23H31N5O3S. The number of nitrogens with two attached hydrogens (primary N) is 1. The van der Waals surface area contributed by atoms with Crippen molar-refractivity contribution in [3.05, 3.63) is 35.4 Å². The van der Waals surface area contributed by atoms with Gasteiger partial charge in [0.1, 0.15) is 6.04 Å². The minimum absolute atomic E-state index is 0.0250. The van der Waals surface area contributed by atoms with Gasteiger partial charge in [-0.1, -0.05) is 24.3 Å². The lowest BCUT2D eigenvalue weighted by Crippen LogP contribution is -2.50. The highest BCUT2D eigenvalue weighted by Crippen LogP contribution is 2.30. The Hall–Kier alpha value is -2.55. The van der Waals surface area contributed by atoms with Crippen LogP contribution in [0.2, 0.25) is 0 Å². The van der Waals surface area contributed by atoms with Gasteiger partial charge in [-0.05, 0) is 55.6 Å². The first-order chi connectivity index (χ1) is 15.5. The van der Waals surface area contributed by atoms with Crippen molar-refractivity contribution in [3.63, 3.8) is 0 Å². The molecule has 8 nitrogen and oxygen atoms in total. The third-order valence-electron chi connectivity index (χ3n) is 6.70. The second-order valence-electron chi connectivity index (χ2n) is 8.79. The van der Waals surface area contributed by atoms with E-state index in [0.717, 1.165) is 32.1 Å². The van der Waals surface area contributed by atoms with Crippen molar-refractivity contribution in [1.82, 2.24) is 15.2 Å². The molecule has 0 spiro atoms. The molecule has 0 aromatic heterocycles. The number of nitrogens with one attached hydrogen (secondary N) is 1.